The van der Waals surface area contributed by atoms with Crippen LogP contribution in [-0.2, 0) is 24.4 Å². The van der Waals surface area contributed by atoms with Crippen LogP contribution in [0.3, 0.4) is 0 Å². The molecular weight excluding hydrogens is 426 g/mol. The summed E-state index contributed by atoms with van der Waals surface area (Å²) in [5.41, 5.74) is 4.48. The third kappa shape index (κ3) is 5.64. The van der Waals surface area contributed by atoms with Crippen molar-refractivity contribution in [3.05, 3.63) is 95.3 Å². The zero-order valence-corrected chi connectivity index (χ0v) is 19.2. The number of amides is 1. The summed E-state index contributed by atoms with van der Waals surface area (Å²) in [7, 11) is 0. The van der Waals surface area contributed by atoms with Gasteiger partial charge in [0.2, 0.25) is 5.91 Å². The molecule has 3 aromatic rings. The minimum Gasteiger partial charge on any atom is -0.493 e. The SMILES string of the molecule is O=C(/C=C/c1ccc(OCc2ccccn2)cc1)N1CCN(Cc2ccc3c(c2)CCO3)CC1. The number of fused-ring (bicyclic) bond motifs is 1. The summed E-state index contributed by atoms with van der Waals surface area (Å²) in [6.07, 6.45) is 6.29. The standard InChI is InChI=1S/C28H29N3O3/c32-28(11-7-22-4-8-26(9-5-22)34-21-25-3-1-2-13-29-25)31-16-14-30(15-17-31)20-23-6-10-27-24(19-23)12-18-33-27/h1-11,13,19H,12,14-18,20-21H2/b11-7+. The number of pyridine rings is 1. The molecule has 0 radical (unpaired) electrons. The Balaban J connectivity index is 1.07. The summed E-state index contributed by atoms with van der Waals surface area (Å²) < 4.78 is 11.4. The number of hydrogen-bond acceptors (Lipinski definition) is 5. The van der Waals surface area contributed by atoms with Gasteiger partial charge in [0.15, 0.2) is 0 Å². The van der Waals surface area contributed by atoms with Crippen molar-refractivity contribution in [3.8, 4) is 11.5 Å². The normalized spacial score (nSPS) is 15.8. The molecule has 6 nitrogen and oxygen atoms in total. The predicted octanol–water partition coefficient (Wildman–Crippen LogP) is 3.95. The van der Waals surface area contributed by atoms with Crippen LogP contribution in [0, 0.1) is 0 Å². The maximum absolute atomic E-state index is 12.7. The molecule has 3 heterocycles. The Bertz CT molecular complexity index is 1140. The maximum atomic E-state index is 12.7. The van der Waals surface area contributed by atoms with E-state index in [1.165, 1.54) is 11.1 Å². The Labute approximate surface area is 200 Å². The van der Waals surface area contributed by atoms with E-state index in [2.05, 4.69) is 28.1 Å². The lowest BCUT2D eigenvalue weighted by Crippen LogP contribution is -2.47. The van der Waals surface area contributed by atoms with E-state index in [0.717, 1.165) is 68.5 Å². The first-order valence-electron chi connectivity index (χ1n) is 11.8. The lowest BCUT2D eigenvalue weighted by molar-refractivity contribution is -0.127. The summed E-state index contributed by atoms with van der Waals surface area (Å²) >= 11 is 0. The van der Waals surface area contributed by atoms with Gasteiger partial charge in [0.1, 0.15) is 18.1 Å². The van der Waals surface area contributed by atoms with E-state index < -0.39 is 0 Å². The quantitative estimate of drug-likeness (QED) is 0.505. The first-order chi connectivity index (χ1) is 16.7. The summed E-state index contributed by atoms with van der Waals surface area (Å²) in [6, 6.07) is 20.0. The van der Waals surface area contributed by atoms with Gasteiger partial charge in [-0.15, -0.1) is 0 Å². The van der Waals surface area contributed by atoms with Gasteiger partial charge in [-0.05, 0) is 53.1 Å². The molecule has 1 amide bonds. The molecule has 2 aliphatic heterocycles. The largest absolute Gasteiger partial charge is 0.493 e. The fourth-order valence-corrected chi connectivity index (χ4v) is 4.31. The summed E-state index contributed by atoms with van der Waals surface area (Å²) in [5.74, 6) is 1.86. The first-order valence-corrected chi connectivity index (χ1v) is 11.8. The highest BCUT2D eigenvalue weighted by molar-refractivity contribution is 5.91. The van der Waals surface area contributed by atoms with Crippen molar-refractivity contribution in [3.63, 3.8) is 0 Å². The average Bonchev–Trinajstić information content (AvgIpc) is 3.36. The van der Waals surface area contributed by atoms with Crippen LogP contribution in [0.25, 0.3) is 6.08 Å². The maximum Gasteiger partial charge on any atom is 0.246 e. The van der Waals surface area contributed by atoms with Gasteiger partial charge < -0.3 is 14.4 Å². The minimum absolute atomic E-state index is 0.0600. The molecule has 1 saturated heterocycles. The molecule has 34 heavy (non-hydrogen) atoms. The average molecular weight is 456 g/mol. The van der Waals surface area contributed by atoms with Gasteiger partial charge in [0.05, 0.1) is 12.3 Å². The smallest absolute Gasteiger partial charge is 0.246 e. The Morgan fingerprint density at radius 1 is 1.03 bits per heavy atom. The lowest BCUT2D eigenvalue weighted by atomic mass is 10.1. The molecule has 0 atom stereocenters. The molecule has 2 aliphatic rings. The second kappa shape index (κ2) is 10.5. The van der Waals surface area contributed by atoms with E-state index in [1.54, 1.807) is 12.3 Å². The summed E-state index contributed by atoms with van der Waals surface area (Å²) in [6.45, 7) is 5.40. The molecule has 2 aromatic carbocycles. The highest BCUT2D eigenvalue weighted by atomic mass is 16.5. The van der Waals surface area contributed by atoms with E-state index in [9.17, 15) is 4.79 Å². The third-order valence-electron chi connectivity index (χ3n) is 6.26. The zero-order valence-electron chi connectivity index (χ0n) is 19.2. The van der Waals surface area contributed by atoms with Crippen LogP contribution in [-0.4, -0.2) is 53.5 Å². The minimum atomic E-state index is 0.0600. The topological polar surface area (TPSA) is 54.9 Å². The van der Waals surface area contributed by atoms with Crippen LogP contribution in [0.5, 0.6) is 11.5 Å². The van der Waals surface area contributed by atoms with E-state index in [0.29, 0.717) is 6.61 Å². The molecule has 0 spiro atoms. The molecule has 0 aliphatic carbocycles. The molecule has 0 N–H and O–H groups in total. The zero-order chi connectivity index (χ0) is 23.2. The molecule has 6 heteroatoms. The van der Waals surface area contributed by atoms with E-state index >= 15 is 0 Å². The van der Waals surface area contributed by atoms with Crippen molar-refractivity contribution < 1.29 is 14.3 Å². The van der Waals surface area contributed by atoms with Crippen molar-refractivity contribution in [1.29, 1.82) is 0 Å². The number of carbonyl (C=O) groups excluding carboxylic acids is 1. The number of hydrogen-bond donors (Lipinski definition) is 0. The van der Waals surface area contributed by atoms with Crippen molar-refractivity contribution in [1.82, 2.24) is 14.8 Å². The van der Waals surface area contributed by atoms with Gasteiger partial charge in [-0.1, -0.05) is 30.3 Å². The highest BCUT2D eigenvalue weighted by Gasteiger charge is 2.20. The number of benzene rings is 2. The van der Waals surface area contributed by atoms with Gasteiger partial charge in [-0.25, -0.2) is 0 Å². The Morgan fingerprint density at radius 3 is 2.68 bits per heavy atom. The van der Waals surface area contributed by atoms with Crippen LogP contribution in [0.2, 0.25) is 0 Å². The van der Waals surface area contributed by atoms with Gasteiger partial charge in [-0.2, -0.15) is 0 Å². The second-order valence-corrected chi connectivity index (χ2v) is 8.65. The van der Waals surface area contributed by atoms with Crippen LogP contribution in [0.15, 0.2) is 72.9 Å². The van der Waals surface area contributed by atoms with Crippen molar-refractivity contribution in [2.45, 2.75) is 19.6 Å². The van der Waals surface area contributed by atoms with Crippen LogP contribution < -0.4 is 9.47 Å². The molecule has 5 rings (SSSR count). The molecule has 0 saturated carbocycles. The Morgan fingerprint density at radius 2 is 1.88 bits per heavy atom. The summed E-state index contributed by atoms with van der Waals surface area (Å²) in [5, 5.41) is 0. The Hall–Kier alpha value is -3.64. The molecule has 0 unspecified atom stereocenters. The first kappa shape index (κ1) is 22.2. The van der Waals surface area contributed by atoms with Gasteiger partial charge in [0.25, 0.3) is 0 Å². The van der Waals surface area contributed by atoms with Crippen molar-refractivity contribution in [2.75, 3.05) is 32.8 Å². The number of rotatable bonds is 7. The van der Waals surface area contributed by atoms with Crippen LogP contribution in [0.4, 0.5) is 0 Å². The number of nitrogens with zero attached hydrogens (tertiary/aromatic N) is 3. The predicted molar refractivity (Wildman–Crippen MR) is 132 cm³/mol. The second-order valence-electron chi connectivity index (χ2n) is 8.65. The third-order valence-corrected chi connectivity index (χ3v) is 6.26. The van der Waals surface area contributed by atoms with Crippen molar-refractivity contribution in [2.24, 2.45) is 0 Å². The molecular formula is C28H29N3O3. The number of ether oxygens (including phenoxy) is 2. The molecule has 1 fully saturated rings. The summed E-state index contributed by atoms with van der Waals surface area (Å²) in [4.78, 5) is 21.3. The Kier molecular flexibility index (Phi) is 6.86. The number of piperazine rings is 1. The number of aromatic nitrogens is 1. The van der Waals surface area contributed by atoms with Gasteiger partial charge in [-0.3, -0.25) is 14.7 Å². The molecule has 1 aromatic heterocycles. The van der Waals surface area contributed by atoms with Crippen LogP contribution >= 0.6 is 0 Å². The molecule has 174 valence electrons. The van der Waals surface area contributed by atoms with Gasteiger partial charge >= 0.3 is 0 Å². The monoisotopic (exact) mass is 455 g/mol. The number of carbonyl (C=O) groups is 1. The van der Waals surface area contributed by atoms with Gasteiger partial charge in [0, 0.05) is 51.4 Å². The fraction of sp³-hybridized carbons (Fsp3) is 0.286. The highest BCUT2D eigenvalue weighted by Crippen LogP contribution is 2.26. The lowest BCUT2D eigenvalue weighted by Gasteiger charge is -2.34. The van der Waals surface area contributed by atoms with Crippen LogP contribution in [0.1, 0.15) is 22.4 Å². The van der Waals surface area contributed by atoms with E-state index in [1.807, 2.05) is 53.4 Å². The van der Waals surface area contributed by atoms with E-state index in [-0.39, 0.29) is 5.91 Å². The van der Waals surface area contributed by atoms with Crippen molar-refractivity contribution >= 4 is 12.0 Å². The molecule has 0 bridgehead atoms. The van der Waals surface area contributed by atoms with E-state index in [4.69, 9.17) is 9.47 Å². The fourth-order valence-electron chi connectivity index (χ4n) is 4.31.